The Morgan fingerprint density at radius 1 is 1.26 bits per heavy atom. The second-order valence-corrected chi connectivity index (χ2v) is 3.98. The summed E-state index contributed by atoms with van der Waals surface area (Å²) in [6.07, 6.45) is 1.96. The number of aromatic amines is 1. The molecule has 3 N–H and O–H groups in total. The smallest absolute Gasteiger partial charge is 0.346 e. The normalized spacial score (nSPS) is 10.2. The molecule has 1 aromatic heterocycles. The molecule has 0 aliphatic carbocycles. The third-order valence-corrected chi connectivity index (χ3v) is 2.79. The summed E-state index contributed by atoms with van der Waals surface area (Å²) in [6, 6.07) is 5.50. The van der Waals surface area contributed by atoms with Crippen LogP contribution in [-0.4, -0.2) is 24.2 Å². The number of methoxy groups -OCH3 is 2. The fourth-order valence-corrected chi connectivity index (χ4v) is 1.80. The Bertz CT molecular complexity index is 637. The molecule has 19 heavy (non-hydrogen) atoms. The quantitative estimate of drug-likeness (QED) is 0.855. The van der Waals surface area contributed by atoms with E-state index >= 15 is 0 Å². The average Bonchev–Trinajstić information content (AvgIpc) is 2.41. The van der Waals surface area contributed by atoms with Crippen molar-refractivity contribution in [2.45, 2.75) is 6.42 Å². The van der Waals surface area contributed by atoms with E-state index in [1.54, 1.807) is 14.2 Å². The van der Waals surface area contributed by atoms with Crippen molar-refractivity contribution in [3.05, 3.63) is 46.0 Å². The molecule has 0 unspecified atom stereocenters. The van der Waals surface area contributed by atoms with E-state index in [1.807, 2.05) is 18.2 Å². The van der Waals surface area contributed by atoms with E-state index < -0.39 is 5.69 Å². The number of nitrogen functional groups attached to an aromatic ring is 1. The molecule has 0 saturated heterocycles. The zero-order chi connectivity index (χ0) is 13.8. The Hall–Kier alpha value is -2.50. The summed E-state index contributed by atoms with van der Waals surface area (Å²) >= 11 is 0. The van der Waals surface area contributed by atoms with Crippen LogP contribution in [0.4, 0.5) is 5.82 Å². The van der Waals surface area contributed by atoms with Crippen LogP contribution >= 0.6 is 0 Å². The van der Waals surface area contributed by atoms with E-state index in [-0.39, 0.29) is 0 Å². The second-order valence-electron chi connectivity index (χ2n) is 3.98. The highest BCUT2D eigenvalue weighted by Gasteiger charge is 2.09. The lowest BCUT2D eigenvalue weighted by atomic mass is 10.1. The molecule has 6 heteroatoms. The van der Waals surface area contributed by atoms with Crippen molar-refractivity contribution in [2.75, 3.05) is 20.0 Å². The number of hydrogen-bond donors (Lipinski definition) is 2. The zero-order valence-corrected chi connectivity index (χ0v) is 10.8. The van der Waals surface area contributed by atoms with Gasteiger partial charge in [-0.3, -0.25) is 4.98 Å². The number of ether oxygens (including phenoxy) is 2. The van der Waals surface area contributed by atoms with Crippen LogP contribution in [-0.2, 0) is 6.42 Å². The van der Waals surface area contributed by atoms with Gasteiger partial charge in [-0.25, -0.2) is 9.78 Å². The van der Waals surface area contributed by atoms with Gasteiger partial charge in [0.05, 0.1) is 14.2 Å². The number of nitrogens with two attached hydrogens (primary N) is 1. The average molecular weight is 261 g/mol. The fourth-order valence-electron chi connectivity index (χ4n) is 1.80. The van der Waals surface area contributed by atoms with Crippen LogP contribution in [0.5, 0.6) is 11.5 Å². The van der Waals surface area contributed by atoms with Gasteiger partial charge >= 0.3 is 5.69 Å². The molecule has 1 aromatic carbocycles. The van der Waals surface area contributed by atoms with Crippen molar-refractivity contribution < 1.29 is 9.47 Å². The van der Waals surface area contributed by atoms with Crippen LogP contribution in [0.1, 0.15) is 11.1 Å². The van der Waals surface area contributed by atoms with Crippen LogP contribution < -0.4 is 20.9 Å². The molecule has 0 saturated carbocycles. The molecule has 0 aliphatic heterocycles. The number of anilines is 1. The minimum Gasteiger partial charge on any atom is -0.497 e. The van der Waals surface area contributed by atoms with Crippen LogP contribution in [0.15, 0.2) is 29.2 Å². The first-order chi connectivity index (χ1) is 9.13. The molecular formula is C13H15N3O3. The fraction of sp³-hybridized carbons (Fsp3) is 0.231. The number of nitrogens with zero attached hydrogens (tertiary/aromatic N) is 1. The summed E-state index contributed by atoms with van der Waals surface area (Å²) in [5.74, 6) is 1.77. The first-order valence-corrected chi connectivity index (χ1v) is 5.68. The number of H-pyrrole nitrogens is 1. The topological polar surface area (TPSA) is 90.2 Å². The standard InChI is InChI=1S/C13H15N3O3/c1-18-10-3-4-11(19-2)8(6-10)5-9-7-15-13(17)16-12(9)14/h3-4,6-7H,5H2,1-2H3,(H3,14,15,16,17). The van der Waals surface area contributed by atoms with Crippen LogP contribution in [0.2, 0.25) is 0 Å². The lowest BCUT2D eigenvalue weighted by Gasteiger charge is -2.11. The van der Waals surface area contributed by atoms with Gasteiger partial charge in [0, 0.05) is 23.7 Å². The van der Waals surface area contributed by atoms with E-state index in [0.29, 0.717) is 12.2 Å². The highest BCUT2D eigenvalue weighted by molar-refractivity contribution is 5.46. The van der Waals surface area contributed by atoms with Gasteiger partial charge in [0.2, 0.25) is 0 Å². The van der Waals surface area contributed by atoms with Crippen molar-refractivity contribution in [1.29, 1.82) is 0 Å². The molecule has 0 radical (unpaired) electrons. The molecule has 100 valence electrons. The first-order valence-electron chi connectivity index (χ1n) is 5.68. The summed E-state index contributed by atoms with van der Waals surface area (Å²) in [5.41, 5.74) is 6.94. The zero-order valence-electron chi connectivity index (χ0n) is 10.8. The number of nitrogens with one attached hydrogen (secondary N) is 1. The SMILES string of the molecule is COc1ccc(OC)c(Cc2cnc(=O)[nH]c2N)c1. The predicted molar refractivity (Wildman–Crippen MR) is 71.6 cm³/mol. The van der Waals surface area contributed by atoms with Crippen molar-refractivity contribution in [2.24, 2.45) is 0 Å². The first kappa shape index (κ1) is 12.9. The Balaban J connectivity index is 2.38. The van der Waals surface area contributed by atoms with E-state index in [4.69, 9.17) is 15.2 Å². The van der Waals surface area contributed by atoms with Gasteiger partial charge in [0.25, 0.3) is 0 Å². The Kier molecular flexibility index (Phi) is 3.70. The van der Waals surface area contributed by atoms with Gasteiger partial charge in [-0.1, -0.05) is 0 Å². The summed E-state index contributed by atoms with van der Waals surface area (Å²) < 4.78 is 10.5. The van der Waals surface area contributed by atoms with Crippen molar-refractivity contribution >= 4 is 5.82 Å². The molecule has 2 rings (SSSR count). The van der Waals surface area contributed by atoms with Crippen LogP contribution in [0.25, 0.3) is 0 Å². The van der Waals surface area contributed by atoms with Gasteiger partial charge in [-0.15, -0.1) is 0 Å². The summed E-state index contributed by atoms with van der Waals surface area (Å²) in [5, 5.41) is 0. The number of aromatic nitrogens is 2. The highest BCUT2D eigenvalue weighted by atomic mass is 16.5. The highest BCUT2D eigenvalue weighted by Crippen LogP contribution is 2.26. The minimum absolute atomic E-state index is 0.310. The monoisotopic (exact) mass is 261 g/mol. The Labute approximate surface area is 110 Å². The predicted octanol–water partition coefficient (Wildman–Crippen LogP) is 0.960. The third-order valence-electron chi connectivity index (χ3n) is 2.79. The summed E-state index contributed by atoms with van der Waals surface area (Å²) in [7, 11) is 3.20. The van der Waals surface area contributed by atoms with E-state index in [9.17, 15) is 4.79 Å². The third kappa shape index (κ3) is 2.85. The molecule has 6 nitrogen and oxygen atoms in total. The molecule has 0 amide bonds. The maximum absolute atomic E-state index is 11.0. The molecular weight excluding hydrogens is 246 g/mol. The molecule has 0 aliphatic rings. The lowest BCUT2D eigenvalue weighted by Crippen LogP contribution is -2.14. The molecule has 0 spiro atoms. The molecule has 2 aromatic rings. The Morgan fingerprint density at radius 2 is 2.05 bits per heavy atom. The van der Waals surface area contributed by atoms with Gasteiger partial charge in [0.1, 0.15) is 17.3 Å². The maximum Gasteiger partial charge on any atom is 0.346 e. The molecule has 0 atom stereocenters. The summed E-state index contributed by atoms with van der Waals surface area (Å²) in [6.45, 7) is 0. The van der Waals surface area contributed by atoms with Crippen molar-refractivity contribution in [3.8, 4) is 11.5 Å². The van der Waals surface area contributed by atoms with Crippen molar-refractivity contribution in [1.82, 2.24) is 9.97 Å². The minimum atomic E-state index is -0.459. The van der Waals surface area contributed by atoms with Crippen molar-refractivity contribution in [3.63, 3.8) is 0 Å². The van der Waals surface area contributed by atoms with Crippen LogP contribution in [0.3, 0.4) is 0 Å². The number of benzene rings is 1. The van der Waals surface area contributed by atoms with Gasteiger partial charge in [-0.2, -0.15) is 0 Å². The van der Waals surface area contributed by atoms with E-state index in [1.165, 1.54) is 6.20 Å². The Morgan fingerprint density at radius 3 is 2.68 bits per heavy atom. The molecule has 1 heterocycles. The second kappa shape index (κ2) is 5.43. The number of hydrogen-bond acceptors (Lipinski definition) is 5. The maximum atomic E-state index is 11.0. The van der Waals surface area contributed by atoms with E-state index in [2.05, 4.69) is 9.97 Å². The van der Waals surface area contributed by atoms with Gasteiger partial charge in [0.15, 0.2) is 0 Å². The van der Waals surface area contributed by atoms with Gasteiger partial charge < -0.3 is 15.2 Å². The van der Waals surface area contributed by atoms with Gasteiger partial charge in [-0.05, 0) is 18.2 Å². The largest absolute Gasteiger partial charge is 0.497 e. The van der Waals surface area contributed by atoms with Crippen LogP contribution in [0, 0.1) is 0 Å². The molecule has 0 bridgehead atoms. The number of rotatable bonds is 4. The summed E-state index contributed by atoms with van der Waals surface area (Å²) in [4.78, 5) is 17.2. The molecule has 0 fully saturated rings. The lowest BCUT2D eigenvalue weighted by molar-refractivity contribution is 0.399. The van der Waals surface area contributed by atoms with E-state index in [0.717, 1.165) is 22.6 Å².